The Hall–Kier alpha value is -3.09. The van der Waals surface area contributed by atoms with Gasteiger partial charge in [0, 0.05) is 25.5 Å². The van der Waals surface area contributed by atoms with Crippen molar-refractivity contribution in [3.63, 3.8) is 0 Å². The molecular weight excluding hydrogens is 382 g/mol. The van der Waals surface area contributed by atoms with Gasteiger partial charge >= 0.3 is 6.09 Å². The largest absolute Gasteiger partial charge is 0.497 e. The Morgan fingerprint density at radius 3 is 2.57 bits per heavy atom. The fourth-order valence-corrected chi connectivity index (χ4v) is 2.80. The van der Waals surface area contributed by atoms with Crippen molar-refractivity contribution in [3.05, 3.63) is 59.9 Å². The predicted molar refractivity (Wildman–Crippen MR) is 115 cm³/mol. The second kappa shape index (κ2) is 11.2. The molecular formula is C23H31N3O4. The van der Waals surface area contributed by atoms with Crippen molar-refractivity contribution in [1.29, 1.82) is 0 Å². The number of rotatable bonds is 9. The Kier molecular flexibility index (Phi) is 8.65. The van der Waals surface area contributed by atoms with Crippen LogP contribution in [0.3, 0.4) is 0 Å². The summed E-state index contributed by atoms with van der Waals surface area (Å²) >= 11 is 0. The fraction of sp³-hybridized carbons (Fsp3) is 0.435. The number of ether oxygens (including phenoxy) is 2. The van der Waals surface area contributed by atoms with Gasteiger partial charge < -0.3 is 19.7 Å². The average molecular weight is 414 g/mol. The van der Waals surface area contributed by atoms with Crippen LogP contribution in [0.15, 0.2) is 48.8 Å². The first kappa shape index (κ1) is 23.2. The van der Waals surface area contributed by atoms with Crippen LogP contribution in [-0.4, -0.2) is 47.7 Å². The van der Waals surface area contributed by atoms with Crippen molar-refractivity contribution in [2.24, 2.45) is 0 Å². The van der Waals surface area contributed by atoms with E-state index in [1.165, 1.54) is 0 Å². The zero-order valence-electron chi connectivity index (χ0n) is 18.2. The standard InChI is InChI=1S/C23H31N3O4/c1-23(2,3)30-22(28)26(17-19-9-6-11-24-16-19)13-7-12-25-21(27)15-18-8-5-10-20(14-18)29-4/h5-6,8-11,14,16H,7,12-13,15,17H2,1-4H3,(H,25,27). The number of hydrogen-bond donors (Lipinski definition) is 1. The van der Waals surface area contributed by atoms with Gasteiger partial charge in [-0.25, -0.2) is 4.79 Å². The molecule has 0 fully saturated rings. The summed E-state index contributed by atoms with van der Waals surface area (Å²) in [5, 5.41) is 2.90. The number of hydrogen-bond acceptors (Lipinski definition) is 5. The molecule has 1 aromatic carbocycles. The summed E-state index contributed by atoms with van der Waals surface area (Å²) in [7, 11) is 1.60. The molecule has 2 rings (SSSR count). The third-order valence-electron chi connectivity index (χ3n) is 4.17. The molecule has 0 spiro atoms. The maximum Gasteiger partial charge on any atom is 0.410 e. The summed E-state index contributed by atoms with van der Waals surface area (Å²) < 4.78 is 10.7. The zero-order valence-corrected chi connectivity index (χ0v) is 18.2. The average Bonchev–Trinajstić information content (AvgIpc) is 2.70. The van der Waals surface area contributed by atoms with Crippen LogP contribution in [0.1, 0.15) is 38.3 Å². The number of pyridine rings is 1. The van der Waals surface area contributed by atoms with Crippen molar-refractivity contribution in [3.8, 4) is 5.75 Å². The Bertz CT molecular complexity index is 819. The molecule has 0 atom stereocenters. The molecule has 1 heterocycles. The first-order chi connectivity index (χ1) is 14.3. The summed E-state index contributed by atoms with van der Waals surface area (Å²) in [4.78, 5) is 30.5. The van der Waals surface area contributed by atoms with Gasteiger partial charge in [0.2, 0.25) is 5.91 Å². The van der Waals surface area contributed by atoms with Gasteiger partial charge in [-0.3, -0.25) is 9.78 Å². The molecule has 0 aliphatic carbocycles. The van der Waals surface area contributed by atoms with Crippen molar-refractivity contribution in [2.75, 3.05) is 20.2 Å². The summed E-state index contributed by atoms with van der Waals surface area (Å²) in [6, 6.07) is 11.2. The lowest BCUT2D eigenvalue weighted by Crippen LogP contribution is -2.38. The first-order valence-electron chi connectivity index (χ1n) is 10.0. The van der Waals surface area contributed by atoms with Crippen molar-refractivity contribution >= 4 is 12.0 Å². The van der Waals surface area contributed by atoms with Crippen molar-refractivity contribution in [2.45, 2.75) is 45.8 Å². The number of carbonyl (C=O) groups is 2. The Morgan fingerprint density at radius 1 is 1.13 bits per heavy atom. The monoisotopic (exact) mass is 413 g/mol. The summed E-state index contributed by atoms with van der Waals surface area (Å²) in [6.45, 7) is 6.85. The predicted octanol–water partition coefficient (Wildman–Crippen LogP) is 3.58. The molecule has 0 saturated heterocycles. The van der Waals surface area contributed by atoms with Gasteiger partial charge in [0.25, 0.3) is 0 Å². The minimum atomic E-state index is -0.574. The van der Waals surface area contributed by atoms with Gasteiger partial charge in [-0.2, -0.15) is 0 Å². The molecule has 0 unspecified atom stereocenters. The summed E-state index contributed by atoms with van der Waals surface area (Å²) in [6.07, 6.45) is 3.94. The molecule has 162 valence electrons. The maximum absolute atomic E-state index is 12.6. The number of benzene rings is 1. The van der Waals surface area contributed by atoms with Gasteiger partial charge in [-0.1, -0.05) is 18.2 Å². The lowest BCUT2D eigenvalue weighted by atomic mass is 10.1. The van der Waals surface area contributed by atoms with Gasteiger partial charge in [-0.05, 0) is 56.5 Å². The second-order valence-electron chi connectivity index (χ2n) is 7.99. The molecule has 7 nitrogen and oxygen atoms in total. The number of nitrogens with one attached hydrogen (secondary N) is 1. The third-order valence-corrected chi connectivity index (χ3v) is 4.17. The highest BCUT2D eigenvalue weighted by atomic mass is 16.6. The number of amides is 2. The van der Waals surface area contributed by atoms with Crippen LogP contribution < -0.4 is 10.1 Å². The van der Waals surface area contributed by atoms with Gasteiger partial charge in [0.05, 0.1) is 20.1 Å². The van der Waals surface area contributed by atoms with Crippen LogP contribution in [0.25, 0.3) is 0 Å². The first-order valence-corrected chi connectivity index (χ1v) is 10.0. The highest BCUT2D eigenvalue weighted by Gasteiger charge is 2.22. The lowest BCUT2D eigenvalue weighted by molar-refractivity contribution is -0.120. The van der Waals surface area contributed by atoms with E-state index < -0.39 is 5.60 Å². The van der Waals surface area contributed by atoms with Crippen LogP contribution >= 0.6 is 0 Å². The molecule has 1 N–H and O–H groups in total. The molecule has 1 aromatic heterocycles. The van der Waals surface area contributed by atoms with Crippen molar-refractivity contribution in [1.82, 2.24) is 15.2 Å². The minimum Gasteiger partial charge on any atom is -0.497 e. The van der Waals surface area contributed by atoms with E-state index >= 15 is 0 Å². The number of carbonyl (C=O) groups excluding carboxylic acids is 2. The SMILES string of the molecule is COc1cccc(CC(=O)NCCCN(Cc2cccnc2)C(=O)OC(C)(C)C)c1. The quantitative estimate of drug-likeness (QED) is 0.636. The molecule has 2 aromatic rings. The molecule has 30 heavy (non-hydrogen) atoms. The van der Waals surface area contributed by atoms with Crippen LogP contribution in [0.4, 0.5) is 4.79 Å². The molecule has 7 heteroatoms. The molecule has 0 bridgehead atoms. The van der Waals surface area contributed by atoms with Crippen molar-refractivity contribution < 1.29 is 19.1 Å². The number of aromatic nitrogens is 1. The topological polar surface area (TPSA) is 80.8 Å². The fourth-order valence-electron chi connectivity index (χ4n) is 2.80. The highest BCUT2D eigenvalue weighted by molar-refractivity contribution is 5.78. The van der Waals surface area contributed by atoms with E-state index in [1.807, 2.05) is 57.2 Å². The highest BCUT2D eigenvalue weighted by Crippen LogP contribution is 2.14. The smallest absolute Gasteiger partial charge is 0.410 e. The van der Waals surface area contributed by atoms with E-state index in [4.69, 9.17) is 9.47 Å². The van der Waals surface area contributed by atoms with E-state index in [2.05, 4.69) is 10.3 Å². The van der Waals surface area contributed by atoms with Gasteiger partial charge in [-0.15, -0.1) is 0 Å². The maximum atomic E-state index is 12.6. The van der Waals surface area contributed by atoms with E-state index in [0.29, 0.717) is 26.1 Å². The Morgan fingerprint density at radius 2 is 1.90 bits per heavy atom. The minimum absolute atomic E-state index is 0.0701. The zero-order chi connectivity index (χ0) is 22.0. The second-order valence-corrected chi connectivity index (χ2v) is 7.99. The van der Waals surface area contributed by atoms with Crippen LogP contribution in [0, 0.1) is 0 Å². The molecule has 0 saturated carbocycles. The van der Waals surface area contributed by atoms with Crippen LogP contribution in [0.2, 0.25) is 0 Å². The van der Waals surface area contributed by atoms with Crippen LogP contribution in [-0.2, 0) is 22.5 Å². The molecule has 0 aliphatic rings. The van der Waals surface area contributed by atoms with E-state index in [0.717, 1.165) is 16.9 Å². The lowest BCUT2D eigenvalue weighted by Gasteiger charge is -2.27. The molecule has 2 amide bonds. The number of methoxy groups -OCH3 is 1. The molecule has 0 aliphatic heterocycles. The van der Waals surface area contributed by atoms with Gasteiger partial charge in [0.1, 0.15) is 11.4 Å². The summed E-state index contributed by atoms with van der Waals surface area (Å²) in [5.74, 6) is 0.656. The Balaban J connectivity index is 1.85. The van der Waals surface area contributed by atoms with Gasteiger partial charge in [0.15, 0.2) is 0 Å². The molecule has 0 radical (unpaired) electrons. The Labute approximate surface area is 178 Å². The normalized spacial score (nSPS) is 10.9. The summed E-state index contributed by atoms with van der Waals surface area (Å²) in [5.41, 5.74) is 1.24. The van der Waals surface area contributed by atoms with E-state index in [9.17, 15) is 9.59 Å². The van der Waals surface area contributed by atoms with E-state index in [-0.39, 0.29) is 18.4 Å². The van der Waals surface area contributed by atoms with E-state index in [1.54, 1.807) is 24.4 Å². The van der Waals surface area contributed by atoms with Crippen LogP contribution in [0.5, 0.6) is 5.75 Å². The third kappa shape index (κ3) is 8.51. The number of nitrogens with zero attached hydrogens (tertiary/aromatic N) is 2.